The van der Waals surface area contributed by atoms with Crippen LogP contribution in [-0.4, -0.2) is 7.11 Å². The smallest absolute Gasteiger partial charge is 0.0985 e. The largest absolute Gasteiger partial charge is 0.502 e. The summed E-state index contributed by atoms with van der Waals surface area (Å²) in [5, 5.41) is 8.38. The van der Waals surface area contributed by atoms with Gasteiger partial charge in [-0.05, 0) is 18.9 Å². The third kappa shape index (κ3) is 6.89. The molecule has 0 amide bonds. The van der Waals surface area contributed by atoms with Crippen molar-refractivity contribution in [1.29, 1.82) is 5.26 Å². The highest BCUT2D eigenvalue weighted by atomic mass is 16.5. The van der Waals surface area contributed by atoms with E-state index in [9.17, 15) is 0 Å². The van der Waals surface area contributed by atoms with Gasteiger partial charge in [-0.25, -0.2) is 0 Å². The lowest BCUT2D eigenvalue weighted by molar-refractivity contribution is 0.277. The maximum atomic E-state index is 8.38. The number of hydrogen-bond donors (Lipinski definition) is 0. The molecule has 2 nitrogen and oxygen atoms in total. The number of methoxy groups -OCH3 is 1. The Morgan fingerprint density at radius 2 is 2.23 bits per heavy atom. The summed E-state index contributed by atoms with van der Waals surface area (Å²) in [6.45, 7) is 7.24. The van der Waals surface area contributed by atoms with Crippen LogP contribution in [0.3, 0.4) is 0 Å². The molecule has 0 radical (unpaired) electrons. The molecule has 0 aromatic heterocycles. The molecule has 13 heavy (non-hydrogen) atoms. The van der Waals surface area contributed by atoms with E-state index in [1.165, 1.54) is 0 Å². The number of hydrogen-bond acceptors (Lipinski definition) is 2. The van der Waals surface area contributed by atoms with Crippen molar-refractivity contribution in [3.8, 4) is 6.07 Å². The normalized spacial score (nSPS) is 9.54. The number of rotatable bonds is 6. The van der Waals surface area contributed by atoms with Gasteiger partial charge in [0.15, 0.2) is 0 Å². The minimum atomic E-state index is 0.491. The predicted molar refractivity (Wildman–Crippen MR) is 53.9 cm³/mol. The third-order valence-corrected chi connectivity index (χ3v) is 1.58. The Hall–Kier alpha value is -1.49. The number of nitriles is 1. The van der Waals surface area contributed by atoms with Crippen LogP contribution in [0.4, 0.5) is 0 Å². The average molecular weight is 177 g/mol. The van der Waals surface area contributed by atoms with E-state index < -0.39 is 0 Å². The molecule has 0 aromatic rings. The van der Waals surface area contributed by atoms with E-state index in [-0.39, 0.29) is 0 Å². The molecule has 0 heterocycles. The van der Waals surface area contributed by atoms with Gasteiger partial charge in [0.25, 0.3) is 0 Å². The predicted octanol–water partition coefficient (Wildman–Crippen LogP) is 2.95. The van der Waals surface area contributed by atoms with Crippen molar-refractivity contribution in [3.05, 3.63) is 36.6 Å². The molecule has 0 aliphatic carbocycles. The molecule has 2 heteroatoms. The molecule has 0 saturated carbocycles. The SMILES string of the molecule is C=C(C#N)/C=C/CCCC(=C)OC. The highest BCUT2D eigenvalue weighted by Gasteiger charge is 1.90. The Labute approximate surface area is 79.8 Å². The zero-order valence-corrected chi connectivity index (χ0v) is 8.05. The van der Waals surface area contributed by atoms with E-state index in [1.54, 1.807) is 13.2 Å². The first kappa shape index (κ1) is 11.5. The lowest BCUT2D eigenvalue weighted by atomic mass is 10.2. The molecule has 0 aliphatic rings. The molecule has 0 rings (SSSR count). The monoisotopic (exact) mass is 177 g/mol. The van der Waals surface area contributed by atoms with Crippen LogP contribution in [-0.2, 0) is 4.74 Å². The van der Waals surface area contributed by atoms with E-state index >= 15 is 0 Å². The Morgan fingerprint density at radius 1 is 1.54 bits per heavy atom. The molecular weight excluding hydrogens is 162 g/mol. The van der Waals surface area contributed by atoms with Crippen molar-refractivity contribution < 1.29 is 4.74 Å². The maximum absolute atomic E-state index is 8.38. The van der Waals surface area contributed by atoms with Crippen LogP contribution in [0, 0.1) is 11.3 Å². The minimum absolute atomic E-state index is 0.491. The standard InChI is InChI=1S/C11H15NO/c1-10(9-12)7-5-4-6-8-11(2)13-3/h5,7H,1-2,4,6,8H2,3H3/b7-5+. The van der Waals surface area contributed by atoms with Crippen LogP contribution in [0.1, 0.15) is 19.3 Å². The van der Waals surface area contributed by atoms with Crippen molar-refractivity contribution in [2.75, 3.05) is 7.11 Å². The second-order valence-corrected chi connectivity index (χ2v) is 2.67. The maximum Gasteiger partial charge on any atom is 0.0985 e. The van der Waals surface area contributed by atoms with Gasteiger partial charge in [0.2, 0.25) is 0 Å². The van der Waals surface area contributed by atoms with Gasteiger partial charge in [0.05, 0.1) is 18.9 Å². The van der Waals surface area contributed by atoms with Gasteiger partial charge in [-0.3, -0.25) is 0 Å². The van der Waals surface area contributed by atoms with Crippen molar-refractivity contribution in [2.24, 2.45) is 0 Å². The quantitative estimate of drug-likeness (QED) is 0.270. The second-order valence-electron chi connectivity index (χ2n) is 2.67. The molecule has 0 fully saturated rings. The van der Waals surface area contributed by atoms with Gasteiger partial charge < -0.3 is 4.74 Å². The Kier molecular flexibility index (Phi) is 6.35. The second kappa shape index (κ2) is 7.17. The van der Waals surface area contributed by atoms with Crippen LogP contribution >= 0.6 is 0 Å². The van der Waals surface area contributed by atoms with Gasteiger partial charge in [-0.15, -0.1) is 0 Å². The molecule has 0 unspecified atom stereocenters. The molecule has 0 N–H and O–H groups in total. The average Bonchev–Trinajstić information content (AvgIpc) is 2.16. The van der Waals surface area contributed by atoms with Crippen molar-refractivity contribution in [1.82, 2.24) is 0 Å². The van der Waals surface area contributed by atoms with Gasteiger partial charge in [-0.1, -0.05) is 19.2 Å². The summed E-state index contributed by atoms with van der Waals surface area (Å²) in [7, 11) is 1.62. The topological polar surface area (TPSA) is 33.0 Å². The fourth-order valence-electron chi connectivity index (χ4n) is 0.782. The Balaban J connectivity index is 3.47. The molecular formula is C11H15NO. The lowest BCUT2D eigenvalue weighted by Gasteiger charge is -2.00. The summed E-state index contributed by atoms with van der Waals surface area (Å²) in [5.74, 6) is 0.799. The van der Waals surface area contributed by atoms with Gasteiger partial charge in [0, 0.05) is 12.0 Å². The van der Waals surface area contributed by atoms with Crippen LogP contribution in [0.5, 0.6) is 0 Å². The molecule has 0 atom stereocenters. The first-order chi connectivity index (χ1) is 6.20. The molecule has 0 aromatic carbocycles. The Morgan fingerprint density at radius 3 is 2.77 bits per heavy atom. The first-order valence-corrected chi connectivity index (χ1v) is 4.18. The lowest BCUT2D eigenvalue weighted by Crippen LogP contribution is -1.83. The first-order valence-electron chi connectivity index (χ1n) is 4.18. The summed E-state index contributed by atoms with van der Waals surface area (Å²) in [6.07, 6.45) is 6.44. The highest BCUT2D eigenvalue weighted by molar-refractivity contribution is 5.28. The van der Waals surface area contributed by atoms with E-state index in [4.69, 9.17) is 10.00 Å². The van der Waals surface area contributed by atoms with Gasteiger partial charge >= 0.3 is 0 Å². The molecule has 0 aliphatic heterocycles. The summed E-state index contributed by atoms with van der Waals surface area (Å²) in [5.41, 5.74) is 0.491. The minimum Gasteiger partial charge on any atom is -0.502 e. The van der Waals surface area contributed by atoms with E-state index in [0.717, 1.165) is 25.0 Å². The number of ether oxygens (including phenoxy) is 1. The van der Waals surface area contributed by atoms with E-state index in [1.807, 2.05) is 12.1 Å². The summed E-state index contributed by atoms with van der Waals surface area (Å²) >= 11 is 0. The number of allylic oxidation sites excluding steroid dienone is 4. The third-order valence-electron chi connectivity index (χ3n) is 1.58. The number of nitrogens with zero attached hydrogens (tertiary/aromatic N) is 1. The van der Waals surface area contributed by atoms with E-state index in [2.05, 4.69) is 13.2 Å². The van der Waals surface area contributed by atoms with Gasteiger partial charge in [0.1, 0.15) is 0 Å². The van der Waals surface area contributed by atoms with Crippen molar-refractivity contribution in [2.45, 2.75) is 19.3 Å². The van der Waals surface area contributed by atoms with Crippen LogP contribution in [0.25, 0.3) is 0 Å². The van der Waals surface area contributed by atoms with Crippen molar-refractivity contribution >= 4 is 0 Å². The van der Waals surface area contributed by atoms with Crippen LogP contribution < -0.4 is 0 Å². The fraction of sp³-hybridized carbons (Fsp3) is 0.364. The molecule has 0 spiro atoms. The molecule has 0 bridgehead atoms. The highest BCUT2D eigenvalue weighted by Crippen LogP contribution is 2.06. The molecule has 70 valence electrons. The summed E-state index contributed by atoms with van der Waals surface area (Å²) in [4.78, 5) is 0. The fourth-order valence-corrected chi connectivity index (χ4v) is 0.782. The summed E-state index contributed by atoms with van der Waals surface area (Å²) in [6, 6.07) is 1.95. The molecule has 0 saturated heterocycles. The van der Waals surface area contributed by atoms with E-state index in [0.29, 0.717) is 5.57 Å². The summed E-state index contributed by atoms with van der Waals surface area (Å²) < 4.78 is 4.91. The number of unbranched alkanes of at least 4 members (excludes halogenated alkanes) is 1. The van der Waals surface area contributed by atoms with Gasteiger partial charge in [-0.2, -0.15) is 5.26 Å². The van der Waals surface area contributed by atoms with Crippen LogP contribution in [0.15, 0.2) is 36.6 Å². The zero-order chi connectivity index (χ0) is 10.1. The zero-order valence-electron chi connectivity index (χ0n) is 8.05. The Bertz CT molecular complexity index is 245. The van der Waals surface area contributed by atoms with Crippen molar-refractivity contribution in [3.63, 3.8) is 0 Å². The van der Waals surface area contributed by atoms with Crippen LogP contribution in [0.2, 0.25) is 0 Å².